The molecule has 0 aliphatic heterocycles. The molecular formula is C12H10BrNO2. The van der Waals surface area contributed by atoms with E-state index in [0.29, 0.717) is 6.54 Å². The van der Waals surface area contributed by atoms with Crippen LogP contribution in [0.15, 0.2) is 50.5 Å². The Hall–Kier alpha value is -1.55. The average Bonchev–Trinajstić information content (AvgIpc) is 2.76. The third-order valence-corrected chi connectivity index (χ3v) is 2.76. The summed E-state index contributed by atoms with van der Waals surface area (Å²) in [5.74, 6) is 1.04. The fourth-order valence-electron chi connectivity index (χ4n) is 1.27. The molecule has 2 rings (SSSR count). The van der Waals surface area contributed by atoms with Crippen molar-refractivity contribution in [3.8, 4) is 5.75 Å². The van der Waals surface area contributed by atoms with Crippen LogP contribution >= 0.6 is 15.9 Å². The van der Waals surface area contributed by atoms with Crippen LogP contribution in [0.3, 0.4) is 0 Å². The van der Waals surface area contributed by atoms with E-state index < -0.39 is 0 Å². The van der Waals surface area contributed by atoms with Gasteiger partial charge in [0.1, 0.15) is 11.5 Å². The van der Waals surface area contributed by atoms with E-state index in [1.165, 1.54) is 0 Å². The summed E-state index contributed by atoms with van der Waals surface area (Å²) < 4.78 is 6.05. The number of benzene rings is 1. The molecule has 1 heterocycles. The van der Waals surface area contributed by atoms with Crippen molar-refractivity contribution in [3.05, 3.63) is 52.4 Å². The van der Waals surface area contributed by atoms with Gasteiger partial charge in [-0.05, 0) is 30.3 Å². The molecule has 0 spiro atoms. The van der Waals surface area contributed by atoms with Crippen molar-refractivity contribution in [3.63, 3.8) is 0 Å². The average molecular weight is 280 g/mol. The van der Waals surface area contributed by atoms with Crippen molar-refractivity contribution in [2.24, 2.45) is 4.99 Å². The summed E-state index contributed by atoms with van der Waals surface area (Å²) in [4.78, 5) is 4.23. The molecule has 4 heteroatoms. The summed E-state index contributed by atoms with van der Waals surface area (Å²) >= 11 is 3.38. The van der Waals surface area contributed by atoms with E-state index >= 15 is 0 Å². The lowest BCUT2D eigenvalue weighted by molar-refractivity contribution is 0.475. The highest BCUT2D eigenvalue weighted by molar-refractivity contribution is 9.10. The Balaban J connectivity index is 2.08. The SMILES string of the molecule is Oc1ccc(Br)c(C=NCc2ccco2)c1. The van der Waals surface area contributed by atoms with Gasteiger partial charge in [0.05, 0.1) is 12.8 Å². The van der Waals surface area contributed by atoms with Crippen LogP contribution < -0.4 is 0 Å². The van der Waals surface area contributed by atoms with Gasteiger partial charge in [-0.15, -0.1) is 0 Å². The van der Waals surface area contributed by atoms with Crippen LogP contribution in [0.2, 0.25) is 0 Å². The maximum absolute atomic E-state index is 9.32. The van der Waals surface area contributed by atoms with Crippen LogP contribution in [-0.4, -0.2) is 11.3 Å². The molecule has 0 aliphatic rings. The third-order valence-electron chi connectivity index (χ3n) is 2.04. The van der Waals surface area contributed by atoms with Gasteiger partial charge in [-0.1, -0.05) is 15.9 Å². The minimum Gasteiger partial charge on any atom is -0.508 e. The van der Waals surface area contributed by atoms with Crippen molar-refractivity contribution in [1.82, 2.24) is 0 Å². The number of halogens is 1. The normalized spacial score (nSPS) is 11.1. The Morgan fingerprint density at radius 1 is 1.38 bits per heavy atom. The predicted molar refractivity (Wildman–Crippen MR) is 65.8 cm³/mol. The van der Waals surface area contributed by atoms with Gasteiger partial charge < -0.3 is 9.52 Å². The lowest BCUT2D eigenvalue weighted by Gasteiger charge is -1.98. The Bertz CT molecular complexity index is 492. The van der Waals surface area contributed by atoms with Gasteiger partial charge in [0.25, 0.3) is 0 Å². The fourth-order valence-corrected chi connectivity index (χ4v) is 1.62. The van der Waals surface area contributed by atoms with Crippen molar-refractivity contribution >= 4 is 22.1 Å². The van der Waals surface area contributed by atoms with Crippen LogP contribution in [0.4, 0.5) is 0 Å². The number of aliphatic imine (C=N–C) groups is 1. The fraction of sp³-hybridized carbons (Fsp3) is 0.0833. The summed E-state index contributed by atoms with van der Waals surface area (Å²) in [6.45, 7) is 0.495. The van der Waals surface area contributed by atoms with E-state index in [9.17, 15) is 5.11 Å². The van der Waals surface area contributed by atoms with Crippen LogP contribution in [0.25, 0.3) is 0 Å². The van der Waals surface area contributed by atoms with Gasteiger partial charge >= 0.3 is 0 Å². The van der Waals surface area contributed by atoms with Crippen LogP contribution in [0.5, 0.6) is 5.75 Å². The summed E-state index contributed by atoms with van der Waals surface area (Å²) in [5, 5.41) is 9.32. The zero-order chi connectivity index (χ0) is 11.4. The third kappa shape index (κ3) is 2.73. The molecule has 1 aromatic heterocycles. The Morgan fingerprint density at radius 3 is 3.00 bits per heavy atom. The van der Waals surface area contributed by atoms with Gasteiger partial charge in [0.15, 0.2) is 0 Å². The van der Waals surface area contributed by atoms with E-state index in [1.54, 1.807) is 30.7 Å². The van der Waals surface area contributed by atoms with Crippen molar-refractivity contribution < 1.29 is 9.52 Å². The maximum atomic E-state index is 9.32. The van der Waals surface area contributed by atoms with Gasteiger partial charge in [-0.25, -0.2) is 0 Å². The molecule has 0 saturated carbocycles. The number of hydrogen-bond acceptors (Lipinski definition) is 3. The molecule has 0 radical (unpaired) electrons. The summed E-state index contributed by atoms with van der Waals surface area (Å²) in [6.07, 6.45) is 3.32. The van der Waals surface area contributed by atoms with E-state index in [0.717, 1.165) is 15.8 Å². The molecule has 0 atom stereocenters. The lowest BCUT2D eigenvalue weighted by atomic mass is 10.2. The summed E-state index contributed by atoms with van der Waals surface area (Å²) in [7, 11) is 0. The molecule has 1 N–H and O–H groups in total. The number of furan rings is 1. The smallest absolute Gasteiger partial charge is 0.125 e. The second kappa shape index (κ2) is 4.99. The van der Waals surface area contributed by atoms with Crippen molar-refractivity contribution in [2.75, 3.05) is 0 Å². The van der Waals surface area contributed by atoms with Crippen LogP contribution in [-0.2, 0) is 6.54 Å². The van der Waals surface area contributed by atoms with E-state index in [4.69, 9.17) is 4.42 Å². The second-order valence-corrected chi connectivity index (χ2v) is 4.11. The number of phenols is 1. The minimum atomic E-state index is 0.225. The van der Waals surface area contributed by atoms with Gasteiger partial charge in [0, 0.05) is 16.3 Å². The highest BCUT2D eigenvalue weighted by Crippen LogP contribution is 2.20. The van der Waals surface area contributed by atoms with E-state index in [2.05, 4.69) is 20.9 Å². The Labute approximate surface area is 102 Å². The molecule has 0 amide bonds. The number of phenolic OH excluding ortho intramolecular Hbond substituents is 1. The first kappa shape index (κ1) is 11.0. The van der Waals surface area contributed by atoms with Gasteiger partial charge in [0.2, 0.25) is 0 Å². The molecule has 0 fully saturated rings. The van der Waals surface area contributed by atoms with Gasteiger partial charge in [-0.2, -0.15) is 0 Å². The summed E-state index contributed by atoms with van der Waals surface area (Å²) in [5.41, 5.74) is 0.839. The molecular weight excluding hydrogens is 270 g/mol. The van der Waals surface area contributed by atoms with Crippen molar-refractivity contribution in [1.29, 1.82) is 0 Å². The second-order valence-electron chi connectivity index (χ2n) is 3.25. The highest BCUT2D eigenvalue weighted by Gasteiger charge is 1.98. The Kier molecular flexibility index (Phi) is 3.41. The molecule has 16 heavy (non-hydrogen) atoms. The quantitative estimate of drug-likeness (QED) is 0.876. The van der Waals surface area contributed by atoms with E-state index in [-0.39, 0.29) is 5.75 Å². The number of nitrogens with zero attached hydrogens (tertiary/aromatic N) is 1. The van der Waals surface area contributed by atoms with Crippen LogP contribution in [0.1, 0.15) is 11.3 Å². The lowest BCUT2D eigenvalue weighted by Crippen LogP contribution is -1.84. The molecule has 0 bridgehead atoms. The van der Waals surface area contributed by atoms with Gasteiger partial charge in [-0.3, -0.25) is 4.99 Å². The Morgan fingerprint density at radius 2 is 2.25 bits per heavy atom. The van der Waals surface area contributed by atoms with E-state index in [1.807, 2.05) is 12.1 Å². The molecule has 82 valence electrons. The van der Waals surface area contributed by atoms with Crippen molar-refractivity contribution in [2.45, 2.75) is 6.54 Å². The molecule has 2 aromatic rings. The molecule has 0 unspecified atom stereocenters. The minimum absolute atomic E-state index is 0.225. The summed E-state index contributed by atoms with van der Waals surface area (Å²) in [6, 6.07) is 8.75. The maximum Gasteiger partial charge on any atom is 0.125 e. The zero-order valence-electron chi connectivity index (χ0n) is 8.43. The topological polar surface area (TPSA) is 45.7 Å². The standard InChI is InChI=1S/C12H10BrNO2/c13-12-4-3-10(15)6-9(12)7-14-8-11-2-1-5-16-11/h1-7,15H,8H2. The monoisotopic (exact) mass is 279 g/mol. The molecule has 0 aliphatic carbocycles. The van der Waals surface area contributed by atoms with Crippen LogP contribution in [0, 0.1) is 0 Å². The first-order valence-electron chi connectivity index (χ1n) is 4.76. The predicted octanol–water partition coefficient (Wildman–Crippen LogP) is 3.37. The molecule has 3 nitrogen and oxygen atoms in total. The zero-order valence-corrected chi connectivity index (χ0v) is 10.0. The first-order chi connectivity index (χ1) is 7.75. The number of aromatic hydroxyl groups is 1. The highest BCUT2D eigenvalue weighted by atomic mass is 79.9. The first-order valence-corrected chi connectivity index (χ1v) is 5.56. The number of rotatable bonds is 3. The molecule has 0 saturated heterocycles. The largest absolute Gasteiger partial charge is 0.508 e. The molecule has 1 aromatic carbocycles. The number of hydrogen-bond donors (Lipinski definition) is 1.